The molecule has 1 aromatic carbocycles. The summed E-state index contributed by atoms with van der Waals surface area (Å²) in [6, 6.07) is 13.6. The van der Waals surface area contributed by atoms with Gasteiger partial charge in [0.05, 0.1) is 30.5 Å². The lowest BCUT2D eigenvalue weighted by Crippen LogP contribution is -2.34. The van der Waals surface area contributed by atoms with E-state index in [4.69, 9.17) is 9.40 Å². The second kappa shape index (κ2) is 10.7. The third kappa shape index (κ3) is 5.24. The summed E-state index contributed by atoms with van der Waals surface area (Å²) in [6.45, 7) is 3.42. The fourth-order valence-electron chi connectivity index (χ4n) is 4.31. The first-order valence-corrected chi connectivity index (χ1v) is 13.6. The van der Waals surface area contributed by atoms with E-state index >= 15 is 0 Å². The van der Waals surface area contributed by atoms with Crippen LogP contribution in [0.3, 0.4) is 0 Å². The number of amides is 2. The highest BCUT2D eigenvalue weighted by atomic mass is 32.2. The van der Waals surface area contributed by atoms with Crippen LogP contribution in [-0.4, -0.2) is 45.1 Å². The number of hydrogen-bond acceptors (Lipinski definition) is 7. The summed E-state index contributed by atoms with van der Waals surface area (Å²) in [7, 11) is 0. The summed E-state index contributed by atoms with van der Waals surface area (Å²) in [4.78, 5) is 46.4. The van der Waals surface area contributed by atoms with Crippen LogP contribution in [0.25, 0.3) is 10.2 Å². The Kier molecular flexibility index (Phi) is 7.24. The van der Waals surface area contributed by atoms with Gasteiger partial charge in [-0.05, 0) is 36.1 Å². The number of nitrogens with zero attached hydrogens (tertiary/aromatic N) is 3. The van der Waals surface area contributed by atoms with Crippen LogP contribution in [0.2, 0.25) is 0 Å². The van der Waals surface area contributed by atoms with Crippen LogP contribution in [0.1, 0.15) is 28.7 Å². The number of benzene rings is 1. The SMILES string of the molecule is CC(=O)N1CCc2c(sc3nc(SCC(=O)NCCc4ccccc4)n(Cc4ccco4)c(=O)c23)C1. The molecule has 2 amide bonds. The molecule has 0 saturated heterocycles. The molecule has 0 unspecified atom stereocenters. The van der Waals surface area contributed by atoms with Gasteiger partial charge in [-0.15, -0.1) is 11.3 Å². The molecular formula is C26H26N4O4S2. The number of fused-ring (bicyclic) bond motifs is 3. The molecule has 0 bridgehead atoms. The molecule has 1 aliphatic rings. The van der Waals surface area contributed by atoms with Crippen molar-refractivity contribution in [1.82, 2.24) is 19.8 Å². The number of aromatic nitrogens is 2. The van der Waals surface area contributed by atoms with Crippen LogP contribution in [-0.2, 0) is 35.5 Å². The van der Waals surface area contributed by atoms with E-state index in [0.717, 1.165) is 22.4 Å². The van der Waals surface area contributed by atoms with E-state index in [1.807, 2.05) is 36.4 Å². The van der Waals surface area contributed by atoms with Crippen LogP contribution in [0.4, 0.5) is 0 Å². The van der Waals surface area contributed by atoms with Gasteiger partial charge in [0, 0.05) is 24.9 Å². The minimum Gasteiger partial charge on any atom is -0.467 e. The maximum atomic E-state index is 13.7. The first kappa shape index (κ1) is 24.3. The standard InChI is InChI=1S/C26H26N4O4S2/c1-17(31)29-12-10-20-21(15-29)36-24-23(20)25(33)30(14-19-8-5-13-34-19)26(28-24)35-16-22(32)27-11-9-18-6-3-2-4-7-18/h2-8,13H,9-12,14-16H2,1H3,(H,27,32). The summed E-state index contributed by atoms with van der Waals surface area (Å²) in [5.74, 6) is 0.696. The molecule has 8 nitrogen and oxygen atoms in total. The molecule has 36 heavy (non-hydrogen) atoms. The van der Waals surface area contributed by atoms with Gasteiger partial charge in [-0.25, -0.2) is 4.98 Å². The first-order chi connectivity index (χ1) is 17.5. The van der Waals surface area contributed by atoms with E-state index in [1.165, 1.54) is 23.1 Å². The highest BCUT2D eigenvalue weighted by Crippen LogP contribution is 2.34. The molecule has 0 saturated carbocycles. The normalized spacial score (nSPS) is 13.1. The van der Waals surface area contributed by atoms with E-state index in [-0.39, 0.29) is 29.7 Å². The van der Waals surface area contributed by atoms with Crippen LogP contribution in [0, 0.1) is 0 Å². The topological polar surface area (TPSA) is 97.4 Å². The van der Waals surface area contributed by atoms with Gasteiger partial charge in [-0.3, -0.25) is 19.0 Å². The van der Waals surface area contributed by atoms with Gasteiger partial charge in [0.1, 0.15) is 10.6 Å². The van der Waals surface area contributed by atoms with Gasteiger partial charge in [0.25, 0.3) is 5.56 Å². The van der Waals surface area contributed by atoms with Crippen molar-refractivity contribution in [2.75, 3.05) is 18.8 Å². The molecule has 186 valence electrons. The van der Waals surface area contributed by atoms with Crippen LogP contribution >= 0.6 is 23.1 Å². The molecule has 0 fully saturated rings. The number of hydrogen-bond donors (Lipinski definition) is 1. The van der Waals surface area contributed by atoms with E-state index < -0.39 is 0 Å². The zero-order valence-corrected chi connectivity index (χ0v) is 21.5. The maximum absolute atomic E-state index is 13.7. The van der Waals surface area contributed by atoms with Crippen molar-refractivity contribution in [3.8, 4) is 0 Å². The number of nitrogens with one attached hydrogen (secondary N) is 1. The molecule has 1 N–H and O–H groups in total. The van der Waals surface area contributed by atoms with E-state index in [1.54, 1.807) is 28.7 Å². The van der Waals surface area contributed by atoms with Crippen molar-refractivity contribution < 1.29 is 14.0 Å². The van der Waals surface area contributed by atoms with Crippen molar-refractivity contribution in [3.63, 3.8) is 0 Å². The second-order valence-corrected chi connectivity index (χ2v) is 10.6. The molecule has 0 atom stereocenters. The average Bonchev–Trinajstić information content (AvgIpc) is 3.52. The third-order valence-corrected chi connectivity index (χ3v) is 8.26. The number of rotatable bonds is 8. The number of thioether (sulfide) groups is 1. The largest absolute Gasteiger partial charge is 0.467 e. The molecule has 0 spiro atoms. The fourth-order valence-corrected chi connectivity index (χ4v) is 6.41. The molecule has 0 radical (unpaired) electrons. The Bertz CT molecular complexity index is 1440. The molecule has 4 heterocycles. The predicted octanol–water partition coefficient (Wildman–Crippen LogP) is 3.45. The number of carbonyl (C=O) groups excluding carboxylic acids is 2. The molecule has 3 aromatic heterocycles. The lowest BCUT2D eigenvalue weighted by molar-refractivity contribution is -0.129. The van der Waals surface area contributed by atoms with Crippen molar-refractivity contribution in [1.29, 1.82) is 0 Å². The predicted molar refractivity (Wildman–Crippen MR) is 140 cm³/mol. The van der Waals surface area contributed by atoms with Crippen LogP contribution in [0.5, 0.6) is 0 Å². The number of thiophene rings is 1. The van der Waals surface area contributed by atoms with Crippen LogP contribution < -0.4 is 10.9 Å². The van der Waals surface area contributed by atoms with Gasteiger partial charge in [0.2, 0.25) is 11.8 Å². The quantitative estimate of drug-likeness (QED) is 0.281. The Labute approximate surface area is 216 Å². The molecule has 0 aliphatic carbocycles. The average molecular weight is 523 g/mol. The van der Waals surface area contributed by atoms with Crippen molar-refractivity contribution >= 4 is 45.1 Å². The van der Waals surface area contributed by atoms with Gasteiger partial charge in [-0.2, -0.15) is 0 Å². The van der Waals surface area contributed by atoms with Gasteiger partial charge < -0.3 is 14.6 Å². The minimum absolute atomic E-state index is 0.0239. The summed E-state index contributed by atoms with van der Waals surface area (Å²) in [6.07, 6.45) is 2.95. The third-order valence-electron chi connectivity index (χ3n) is 6.18. The Morgan fingerprint density at radius 2 is 2.03 bits per heavy atom. The molecule has 10 heteroatoms. The minimum atomic E-state index is -0.142. The molecule has 5 rings (SSSR count). The van der Waals surface area contributed by atoms with E-state index in [2.05, 4.69) is 5.32 Å². The Morgan fingerprint density at radius 3 is 2.78 bits per heavy atom. The zero-order valence-electron chi connectivity index (χ0n) is 19.9. The Morgan fingerprint density at radius 1 is 1.19 bits per heavy atom. The molecule has 4 aromatic rings. The Balaban J connectivity index is 1.38. The summed E-state index contributed by atoms with van der Waals surface area (Å²) < 4.78 is 7.09. The second-order valence-electron chi connectivity index (χ2n) is 8.61. The summed E-state index contributed by atoms with van der Waals surface area (Å²) >= 11 is 2.70. The fraction of sp³-hybridized carbons (Fsp3) is 0.308. The van der Waals surface area contributed by atoms with Gasteiger partial charge in [0.15, 0.2) is 5.16 Å². The lowest BCUT2D eigenvalue weighted by Gasteiger charge is -2.25. The van der Waals surface area contributed by atoms with Gasteiger partial charge in [-0.1, -0.05) is 42.1 Å². The van der Waals surface area contributed by atoms with Crippen molar-refractivity contribution in [2.45, 2.75) is 38.0 Å². The highest BCUT2D eigenvalue weighted by Gasteiger charge is 2.26. The highest BCUT2D eigenvalue weighted by molar-refractivity contribution is 7.99. The number of furan rings is 1. The smallest absolute Gasteiger partial charge is 0.263 e. The molecule has 1 aliphatic heterocycles. The van der Waals surface area contributed by atoms with Crippen molar-refractivity contribution in [2.24, 2.45) is 0 Å². The number of carbonyl (C=O) groups is 2. The summed E-state index contributed by atoms with van der Waals surface area (Å²) in [5.41, 5.74) is 2.00. The Hall–Kier alpha value is -3.37. The van der Waals surface area contributed by atoms with E-state index in [9.17, 15) is 14.4 Å². The first-order valence-electron chi connectivity index (χ1n) is 11.8. The van der Waals surface area contributed by atoms with E-state index in [0.29, 0.717) is 47.2 Å². The lowest BCUT2D eigenvalue weighted by atomic mass is 10.1. The molecular weight excluding hydrogens is 496 g/mol. The zero-order chi connectivity index (χ0) is 25.1. The maximum Gasteiger partial charge on any atom is 0.263 e. The summed E-state index contributed by atoms with van der Waals surface area (Å²) in [5, 5.41) is 4.03. The van der Waals surface area contributed by atoms with Crippen molar-refractivity contribution in [3.05, 3.63) is 80.8 Å². The van der Waals surface area contributed by atoms with Gasteiger partial charge >= 0.3 is 0 Å². The van der Waals surface area contributed by atoms with Crippen LogP contribution in [0.15, 0.2) is 63.1 Å². The monoisotopic (exact) mass is 522 g/mol.